The van der Waals surface area contributed by atoms with Crippen LogP contribution in [0.5, 0.6) is 0 Å². The maximum absolute atomic E-state index is 12.2. The van der Waals surface area contributed by atoms with Gasteiger partial charge in [-0.2, -0.15) is 0 Å². The number of imide groups is 1. The smallest absolute Gasteiger partial charge is 0.348 e. The Morgan fingerprint density at radius 3 is 2.96 bits per heavy atom. The monoisotopic (exact) mass is 390 g/mol. The minimum Gasteiger partial charge on any atom is -0.467 e. The van der Waals surface area contributed by atoms with Gasteiger partial charge >= 0.3 is 12.0 Å². The number of fused-ring (bicyclic) bond motifs is 1. The van der Waals surface area contributed by atoms with Gasteiger partial charge in [0.1, 0.15) is 10.6 Å². The number of urea groups is 1. The number of hydrogen-bond acceptors (Lipinski definition) is 6. The molecule has 2 heterocycles. The number of nitrogens with one attached hydrogen (secondary N) is 2. The molecule has 3 amide bonds. The van der Waals surface area contributed by atoms with Crippen LogP contribution in [0.2, 0.25) is 0 Å². The van der Waals surface area contributed by atoms with Crippen LogP contribution >= 0.6 is 11.3 Å². The van der Waals surface area contributed by atoms with Crippen molar-refractivity contribution in [2.45, 2.75) is 39.2 Å². The molecule has 7 nitrogen and oxygen atoms in total. The van der Waals surface area contributed by atoms with Crippen LogP contribution in [0, 0.1) is 5.92 Å². The summed E-state index contributed by atoms with van der Waals surface area (Å²) < 4.78 is 10.1. The van der Waals surface area contributed by atoms with E-state index < -0.39 is 24.5 Å². The molecule has 0 saturated heterocycles. The van der Waals surface area contributed by atoms with E-state index in [1.165, 1.54) is 28.0 Å². The second kappa shape index (κ2) is 8.85. The van der Waals surface area contributed by atoms with Crippen molar-refractivity contribution in [1.29, 1.82) is 0 Å². The molecular formula is C19H22N2O5S. The summed E-state index contributed by atoms with van der Waals surface area (Å²) in [7, 11) is 0. The van der Waals surface area contributed by atoms with Crippen LogP contribution in [0.4, 0.5) is 4.79 Å². The van der Waals surface area contributed by atoms with Gasteiger partial charge in [0.05, 0.1) is 12.8 Å². The third-order valence-electron chi connectivity index (χ3n) is 4.55. The number of amides is 3. The molecule has 3 rings (SSSR count). The summed E-state index contributed by atoms with van der Waals surface area (Å²) in [5, 5.41) is 4.58. The highest BCUT2D eigenvalue weighted by atomic mass is 32.1. The third-order valence-corrected chi connectivity index (χ3v) is 5.77. The summed E-state index contributed by atoms with van der Waals surface area (Å²) in [5.41, 5.74) is 1.21. The largest absolute Gasteiger partial charge is 0.467 e. The van der Waals surface area contributed by atoms with Crippen LogP contribution in [0.3, 0.4) is 0 Å². The maximum Gasteiger partial charge on any atom is 0.348 e. The van der Waals surface area contributed by atoms with Gasteiger partial charge in [-0.1, -0.05) is 13.3 Å². The molecule has 1 aliphatic carbocycles. The Hall–Kier alpha value is -2.61. The summed E-state index contributed by atoms with van der Waals surface area (Å²) in [6.07, 6.45) is 5.75. The second-order valence-corrected chi connectivity index (χ2v) is 7.60. The summed E-state index contributed by atoms with van der Waals surface area (Å²) in [6, 6.07) is 4.60. The fourth-order valence-electron chi connectivity index (χ4n) is 3.04. The fourth-order valence-corrected chi connectivity index (χ4v) is 4.14. The van der Waals surface area contributed by atoms with Crippen molar-refractivity contribution in [3.8, 4) is 0 Å². The lowest BCUT2D eigenvalue weighted by Gasteiger charge is -2.19. The zero-order chi connectivity index (χ0) is 19.2. The molecule has 2 aromatic heterocycles. The molecule has 0 saturated carbocycles. The number of carbonyl (C=O) groups is 3. The van der Waals surface area contributed by atoms with Crippen LogP contribution in [-0.2, 0) is 28.9 Å². The van der Waals surface area contributed by atoms with Gasteiger partial charge in [-0.25, -0.2) is 9.59 Å². The third kappa shape index (κ3) is 5.19. The molecular weight excluding hydrogens is 368 g/mol. The molecule has 1 atom stereocenters. The standard InChI is InChI=1S/C19H22N2O5S/c1-2-12-5-6-15-13(8-12)9-16(27-15)18(23)26-11-17(22)21-19(24)20-10-14-4-3-7-25-14/h3-4,7,9,12H,2,5-6,8,10-11H2,1H3,(H2,20,21,22,24)/t12-/m1/s1. The van der Waals surface area contributed by atoms with Crippen molar-refractivity contribution < 1.29 is 23.5 Å². The predicted molar refractivity (Wildman–Crippen MR) is 99.5 cm³/mol. The Bertz CT molecular complexity index is 812. The molecule has 27 heavy (non-hydrogen) atoms. The molecule has 2 aromatic rings. The molecule has 2 N–H and O–H groups in total. The lowest BCUT2D eigenvalue weighted by Crippen LogP contribution is -2.41. The molecule has 0 fully saturated rings. The van der Waals surface area contributed by atoms with Gasteiger partial charge in [0.25, 0.3) is 5.91 Å². The van der Waals surface area contributed by atoms with Gasteiger partial charge in [-0.05, 0) is 48.9 Å². The van der Waals surface area contributed by atoms with Gasteiger partial charge in [0, 0.05) is 4.88 Å². The first-order valence-corrected chi connectivity index (χ1v) is 9.75. The molecule has 0 radical (unpaired) electrons. The molecule has 0 bridgehead atoms. The van der Waals surface area contributed by atoms with Crippen molar-refractivity contribution in [3.63, 3.8) is 0 Å². The highest BCUT2D eigenvalue weighted by Crippen LogP contribution is 2.33. The minimum absolute atomic E-state index is 0.158. The van der Waals surface area contributed by atoms with Gasteiger partial charge in [-0.15, -0.1) is 11.3 Å². The molecule has 0 aromatic carbocycles. The van der Waals surface area contributed by atoms with E-state index in [0.717, 1.165) is 25.7 Å². The first-order valence-electron chi connectivity index (χ1n) is 8.94. The van der Waals surface area contributed by atoms with E-state index in [-0.39, 0.29) is 6.54 Å². The Morgan fingerprint density at radius 1 is 1.37 bits per heavy atom. The SMILES string of the molecule is CC[C@@H]1CCc2sc(C(=O)OCC(=O)NC(=O)NCc3ccco3)cc2C1. The zero-order valence-electron chi connectivity index (χ0n) is 15.1. The lowest BCUT2D eigenvalue weighted by atomic mass is 9.87. The van der Waals surface area contributed by atoms with E-state index in [9.17, 15) is 14.4 Å². The normalized spacial score (nSPS) is 15.7. The number of esters is 1. The molecule has 0 aliphatic heterocycles. The molecule has 144 valence electrons. The fraction of sp³-hybridized carbons (Fsp3) is 0.421. The molecule has 0 unspecified atom stereocenters. The van der Waals surface area contributed by atoms with Crippen molar-refractivity contribution in [3.05, 3.63) is 45.5 Å². The van der Waals surface area contributed by atoms with E-state index in [4.69, 9.17) is 9.15 Å². The summed E-state index contributed by atoms with van der Waals surface area (Å²) in [5.74, 6) is 0.0127. The first-order chi connectivity index (χ1) is 13.0. The van der Waals surface area contributed by atoms with Crippen LogP contribution < -0.4 is 10.6 Å². The van der Waals surface area contributed by atoms with Gasteiger partial charge in [0.2, 0.25) is 0 Å². The predicted octanol–water partition coefficient (Wildman–Crippen LogP) is 3.04. The van der Waals surface area contributed by atoms with Crippen molar-refractivity contribution in [1.82, 2.24) is 10.6 Å². The zero-order valence-corrected chi connectivity index (χ0v) is 15.9. The number of carbonyl (C=O) groups excluding carboxylic acids is 3. The van der Waals surface area contributed by atoms with Crippen molar-refractivity contribution >= 4 is 29.2 Å². The summed E-state index contributed by atoms with van der Waals surface area (Å²) in [6.45, 7) is 1.83. The Balaban J connectivity index is 1.43. The number of hydrogen-bond donors (Lipinski definition) is 2. The van der Waals surface area contributed by atoms with Crippen LogP contribution in [0.25, 0.3) is 0 Å². The minimum atomic E-state index is -0.687. The van der Waals surface area contributed by atoms with E-state index >= 15 is 0 Å². The molecule has 1 aliphatic rings. The van der Waals surface area contributed by atoms with Gasteiger partial charge in [-0.3, -0.25) is 10.1 Å². The van der Waals surface area contributed by atoms with Gasteiger partial charge < -0.3 is 14.5 Å². The van der Waals surface area contributed by atoms with Gasteiger partial charge in [0.15, 0.2) is 6.61 Å². The van der Waals surface area contributed by atoms with E-state index in [1.54, 1.807) is 12.1 Å². The Kier molecular flexibility index (Phi) is 6.28. The highest BCUT2D eigenvalue weighted by Gasteiger charge is 2.23. The number of thiophene rings is 1. The Labute approximate surface area is 161 Å². The number of ether oxygens (including phenoxy) is 1. The van der Waals surface area contributed by atoms with E-state index in [0.29, 0.717) is 16.6 Å². The quantitative estimate of drug-likeness (QED) is 0.739. The molecule has 8 heteroatoms. The Morgan fingerprint density at radius 2 is 2.22 bits per heavy atom. The lowest BCUT2D eigenvalue weighted by molar-refractivity contribution is -0.123. The van der Waals surface area contributed by atoms with Crippen molar-refractivity contribution in [2.75, 3.05) is 6.61 Å². The van der Waals surface area contributed by atoms with E-state index in [2.05, 4.69) is 17.6 Å². The van der Waals surface area contributed by atoms with E-state index in [1.807, 2.05) is 6.07 Å². The summed E-state index contributed by atoms with van der Waals surface area (Å²) in [4.78, 5) is 37.3. The average molecular weight is 390 g/mol. The highest BCUT2D eigenvalue weighted by molar-refractivity contribution is 7.14. The number of rotatable bonds is 6. The van der Waals surface area contributed by atoms with Crippen LogP contribution in [0.1, 0.15) is 45.6 Å². The average Bonchev–Trinajstić information content (AvgIpc) is 3.33. The topological polar surface area (TPSA) is 97.6 Å². The van der Waals surface area contributed by atoms with Crippen LogP contribution in [-0.4, -0.2) is 24.5 Å². The second-order valence-electron chi connectivity index (χ2n) is 6.46. The number of furan rings is 1. The number of aryl methyl sites for hydroxylation is 1. The first kappa shape index (κ1) is 19.2. The maximum atomic E-state index is 12.2. The molecule has 0 spiro atoms. The van der Waals surface area contributed by atoms with Crippen LogP contribution in [0.15, 0.2) is 28.9 Å². The summed E-state index contributed by atoms with van der Waals surface area (Å²) >= 11 is 1.43. The van der Waals surface area contributed by atoms with Crippen molar-refractivity contribution in [2.24, 2.45) is 5.92 Å².